The highest BCUT2D eigenvalue weighted by Gasteiger charge is 2.28. The molecule has 1 aliphatic heterocycles. The molecule has 0 bridgehead atoms. The molecule has 1 aliphatic rings. The predicted molar refractivity (Wildman–Crippen MR) is 88.9 cm³/mol. The van der Waals surface area contributed by atoms with Gasteiger partial charge in [0.05, 0.1) is 12.6 Å². The number of carbonyl (C=O) groups excluding carboxylic acids is 1. The van der Waals surface area contributed by atoms with Crippen molar-refractivity contribution in [1.29, 1.82) is 0 Å². The van der Waals surface area contributed by atoms with E-state index < -0.39 is 6.10 Å². The van der Waals surface area contributed by atoms with E-state index in [4.69, 9.17) is 0 Å². The fourth-order valence-corrected chi connectivity index (χ4v) is 3.07. The normalized spacial score (nSPS) is 16.8. The summed E-state index contributed by atoms with van der Waals surface area (Å²) in [5.74, 6) is 0.786. The first-order chi connectivity index (χ1) is 11.6. The van der Waals surface area contributed by atoms with E-state index in [1.54, 1.807) is 23.0 Å². The lowest BCUT2D eigenvalue weighted by atomic mass is 9.87. The second kappa shape index (κ2) is 7.44. The zero-order valence-corrected chi connectivity index (χ0v) is 13.8. The number of carbonyl (C=O) groups is 1. The third kappa shape index (κ3) is 3.91. The summed E-state index contributed by atoms with van der Waals surface area (Å²) < 4.78 is 1.61. The number of hydrogen-bond donors (Lipinski definition) is 2. The molecule has 2 amide bonds. The first-order valence-electron chi connectivity index (χ1n) is 8.24. The summed E-state index contributed by atoms with van der Waals surface area (Å²) in [5.41, 5.74) is 0.946. The van der Waals surface area contributed by atoms with Crippen LogP contribution in [0, 0.1) is 5.92 Å². The first-order valence-corrected chi connectivity index (χ1v) is 8.24. The SMILES string of the molecule is Cn1cnc(CNC(=O)N2CCC(C(O)c3ccccc3)CC2)n1. The minimum absolute atomic E-state index is 0.102. The molecule has 0 aliphatic carbocycles. The summed E-state index contributed by atoms with van der Waals surface area (Å²) >= 11 is 0. The van der Waals surface area contributed by atoms with Crippen LogP contribution in [0.25, 0.3) is 0 Å². The molecule has 7 heteroatoms. The molecule has 7 nitrogen and oxygen atoms in total. The van der Waals surface area contributed by atoms with Crippen molar-refractivity contribution < 1.29 is 9.90 Å². The van der Waals surface area contributed by atoms with E-state index in [9.17, 15) is 9.90 Å². The molecule has 128 valence electrons. The summed E-state index contributed by atoms with van der Waals surface area (Å²) in [6.07, 6.45) is 2.74. The summed E-state index contributed by atoms with van der Waals surface area (Å²) in [4.78, 5) is 18.1. The Morgan fingerprint density at radius 2 is 2.04 bits per heavy atom. The van der Waals surface area contributed by atoms with Gasteiger partial charge in [0.2, 0.25) is 0 Å². The van der Waals surface area contributed by atoms with Crippen molar-refractivity contribution in [2.75, 3.05) is 13.1 Å². The largest absolute Gasteiger partial charge is 0.388 e. The quantitative estimate of drug-likeness (QED) is 0.890. The van der Waals surface area contributed by atoms with Crippen LogP contribution in [0.5, 0.6) is 0 Å². The van der Waals surface area contributed by atoms with Crippen LogP contribution in [0.3, 0.4) is 0 Å². The van der Waals surface area contributed by atoms with Crippen molar-refractivity contribution in [2.24, 2.45) is 13.0 Å². The van der Waals surface area contributed by atoms with Crippen LogP contribution in [-0.2, 0) is 13.6 Å². The first kappa shape index (κ1) is 16.4. The number of hydrogen-bond acceptors (Lipinski definition) is 4. The number of aliphatic hydroxyl groups excluding tert-OH is 1. The molecule has 0 saturated carbocycles. The van der Waals surface area contributed by atoms with Crippen molar-refractivity contribution in [3.8, 4) is 0 Å². The van der Waals surface area contributed by atoms with Gasteiger partial charge in [0, 0.05) is 20.1 Å². The highest BCUT2D eigenvalue weighted by Crippen LogP contribution is 2.30. The zero-order valence-electron chi connectivity index (χ0n) is 13.8. The molecular weight excluding hydrogens is 306 g/mol. The lowest BCUT2D eigenvalue weighted by molar-refractivity contribution is 0.0665. The van der Waals surface area contributed by atoms with Crippen molar-refractivity contribution >= 4 is 6.03 Å². The molecule has 3 rings (SSSR count). The molecule has 0 radical (unpaired) electrons. The number of likely N-dealkylation sites (tertiary alicyclic amines) is 1. The third-order valence-electron chi connectivity index (χ3n) is 4.46. The van der Waals surface area contributed by atoms with Gasteiger partial charge in [-0.3, -0.25) is 4.68 Å². The van der Waals surface area contributed by atoms with Crippen molar-refractivity contribution in [2.45, 2.75) is 25.5 Å². The van der Waals surface area contributed by atoms with Gasteiger partial charge in [-0.05, 0) is 24.3 Å². The number of rotatable bonds is 4. The Balaban J connectivity index is 1.47. The highest BCUT2D eigenvalue weighted by molar-refractivity contribution is 5.74. The molecule has 1 atom stereocenters. The molecular formula is C17H23N5O2. The Bertz CT molecular complexity index is 665. The van der Waals surface area contributed by atoms with Gasteiger partial charge < -0.3 is 15.3 Å². The highest BCUT2D eigenvalue weighted by atomic mass is 16.3. The number of piperidine rings is 1. The summed E-state index contributed by atoms with van der Waals surface area (Å²) in [5, 5.41) is 17.5. The van der Waals surface area contributed by atoms with Crippen molar-refractivity contribution in [3.05, 3.63) is 48.0 Å². The third-order valence-corrected chi connectivity index (χ3v) is 4.46. The number of amides is 2. The predicted octanol–water partition coefficient (Wildman–Crippen LogP) is 1.47. The van der Waals surface area contributed by atoms with Crippen LogP contribution in [0.15, 0.2) is 36.7 Å². The molecule has 2 N–H and O–H groups in total. The molecule has 2 heterocycles. The Hall–Kier alpha value is -2.41. The Labute approximate surface area is 141 Å². The Morgan fingerprint density at radius 3 is 2.67 bits per heavy atom. The molecule has 2 aromatic rings. The maximum absolute atomic E-state index is 12.2. The van der Waals surface area contributed by atoms with Gasteiger partial charge in [0.25, 0.3) is 0 Å². The molecule has 1 aromatic heterocycles. The van der Waals surface area contributed by atoms with Crippen molar-refractivity contribution in [1.82, 2.24) is 25.0 Å². The summed E-state index contributed by atoms with van der Waals surface area (Å²) in [6, 6.07) is 9.61. The maximum atomic E-state index is 12.2. The van der Waals surface area contributed by atoms with Gasteiger partial charge in [-0.25, -0.2) is 9.78 Å². The van der Waals surface area contributed by atoms with E-state index in [1.165, 1.54) is 0 Å². The summed E-state index contributed by atoms with van der Waals surface area (Å²) in [6.45, 7) is 1.62. The minimum atomic E-state index is -0.464. The van der Waals surface area contributed by atoms with Crippen LogP contribution in [0.2, 0.25) is 0 Å². The van der Waals surface area contributed by atoms with Crippen LogP contribution in [-0.4, -0.2) is 43.9 Å². The second-order valence-electron chi connectivity index (χ2n) is 6.17. The smallest absolute Gasteiger partial charge is 0.317 e. The Kier molecular flexibility index (Phi) is 5.10. The van der Waals surface area contributed by atoms with Gasteiger partial charge in [-0.15, -0.1) is 0 Å². The number of aliphatic hydroxyl groups is 1. The van der Waals surface area contributed by atoms with Crippen LogP contribution >= 0.6 is 0 Å². The lowest BCUT2D eigenvalue weighted by Gasteiger charge is -2.34. The zero-order chi connectivity index (χ0) is 16.9. The lowest BCUT2D eigenvalue weighted by Crippen LogP contribution is -2.45. The topological polar surface area (TPSA) is 83.3 Å². The van der Waals surface area contributed by atoms with E-state index in [0.717, 1.165) is 18.4 Å². The van der Waals surface area contributed by atoms with E-state index >= 15 is 0 Å². The molecule has 0 spiro atoms. The minimum Gasteiger partial charge on any atom is -0.388 e. The van der Waals surface area contributed by atoms with Crippen LogP contribution in [0.1, 0.15) is 30.3 Å². The monoisotopic (exact) mass is 329 g/mol. The van der Waals surface area contributed by atoms with E-state index in [0.29, 0.717) is 25.5 Å². The van der Waals surface area contributed by atoms with Gasteiger partial charge in [-0.1, -0.05) is 30.3 Å². The number of aromatic nitrogens is 3. The summed E-state index contributed by atoms with van der Waals surface area (Å²) in [7, 11) is 1.79. The van der Waals surface area contributed by atoms with Gasteiger partial charge in [0.15, 0.2) is 5.82 Å². The second-order valence-corrected chi connectivity index (χ2v) is 6.17. The van der Waals surface area contributed by atoms with E-state index in [2.05, 4.69) is 15.4 Å². The maximum Gasteiger partial charge on any atom is 0.317 e. The standard InChI is InChI=1S/C17H23N5O2/c1-21-12-19-15(20-21)11-18-17(24)22-9-7-14(8-10-22)16(23)13-5-3-2-4-6-13/h2-6,12,14,16,23H,7-11H2,1H3,(H,18,24). The molecule has 1 aromatic carbocycles. The van der Waals surface area contributed by atoms with Crippen LogP contribution < -0.4 is 5.32 Å². The fraction of sp³-hybridized carbons (Fsp3) is 0.471. The average Bonchev–Trinajstić information content (AvgIpc) is 3.05. The van der Waals surface area contributed by atoms with E-state index in [-0.39, 0.29) is 11.9 Å². The fourth-order valence-electron chi connectivity index (χ4n) is 3.07. The van der Waals surface area contributed by atoms with Crippen LogP contribution in [0.4, 0.5) is 4.79 Å². The number of nitrogens with zero attached hydrogens (tertiary/aromatic N) is 4. The molecule has 1 fully saturated rings. The molecule has 1 saturated heterocycles. The number of urea groups is 1. The van der Waals surface area contributed by atoms with E-state index in [1.807, 2.05) is 30.3 Å². The number of aryl methyl sites for hydroxylation is 1. The Morgan fingerprint density at radius 1 is 1.33 bits per heavy atom. The average molecular weight is 329 g/mol. The number of nitrogens with one attached hydrogen (secondary N) is 1. The number of benzene rings is 1. The van der Waals surface area contributed by atoms with Gasteiger partial charge in [0.1, 0.15) is 6.33 Å². The molecule has 1 unspecified atom stereocenters. The van der Waals surface area contributed by atoms with Crippen molar-refractivity contribution in [3.63, 3.8) is 0 Å². The molecule has 24 heavy (non-hydrogen) atoms. The van der Waals surface area contributed by atoms with Gasteiger partial charge >= 0.3 is 6.03 Å². The van der Waals surface area contributed by atoms with Gasteiger partial charge in [-0.2, -0.15) is 5.10 Å².